The fraction of sp³-hybridized carbons (Fsp3) is 0.308. The lowest BCUT2D eigenvalue weighted by atomic mass is 10.0. The molecular weight excluding hydrogens is 224 g/mol. The van der Waals surface area contributed by atoms with E-state index in [1.807, 2.05) is 24.3 Å². The molecule has 84 valence electrons. The molecule has 3 heteroatoms. The van der Waals surface area contributed by atoms with E-state index in [4.69, 9.17) is 16.7 Å². The van der Waals surface area contributed by atoms with Crippen molar-refractivity contribution in [3.63, 3.8) is 0 Å². The molecular formula is C13H13ClO2. The van der Waals surface area contributed by atoms with Crippen molar-refractivity contribution in [3.05, 3.63) is 35.4 Å². The maximum atomic E-state index is 10.5. The molecule has 0 fully saturated rings. The minimum Gasteiger partial charge on any atom is -0.481 e. The van der Waals surface area contributed by atoms with E-state index >= 15 is 0 Å². The molecule has 0 atom stereocenters. The predicted octanol–water partition coefficient (Wildman–Crippen LogP) is 2.68. The lowest BCUT2D eigenvalue weighted by Crippen LogP contribution is -1.99. The summed E-state index contributed by atoms with van der Waals surface area (Å²) < 4.78 is 0. The molecule has 0 saturated carbocycles. The summed E-state index contributed by atoms with van der Waals surface area (Å²) in [5.74, 6) is 5.69. The monoisotopic (exact) mass is 236 g/mol. The van der Waals surface area contributed by atoms with E-state index in [0.717, 1.165) is 11.1 Å². The second-order valence-electron chi connectivity index (χ2n) is 3.29. The van der Waals surface area contributed by atoms with Crippen LogP contribution in [0.2, 0.25) is 0 Å². The van der Waals surface area contributed by atoms with Crippen LogP contribution < -0.4 is 0 Å². The Labute approximate surface area is 100 Å². The second-order valence-corrected chi connectivity index (χ2v) is 3.67. The van der Waals surface area contributed by atoms with Crippen LogP contribution in [0.15, 0.2) is 24.3 Å². The van der Waals surface area contributed by atoms with Crippen LogP contribution in [0.1, 0.15) is 24.0 Å². The number of alkyl halides is 1. The van der Waals surface area contributed by atoms with Crippen LogP contribution in [0.3, 0.4) is 0 Å². The molecule has 0 unspecified atom stereocenters. The number of benzene rings is 1. The van der Waals surface area contributed by atoms with Crippen LogP contribution in [-0.4, -0.2) is 17.0 Å². The molecule has 0 spiro atoms. The molecule has 16 heavy (non-hydrogen) atoms. The van der Waals surface area contributed by atoms with Gasteiger partial charge in [0.2, 0.25) is 0 Å². The van der Waals surface area contributed by atoms with Gasteiger partial charge in [-0.15, -0.1) is 11.6 Å². The van der Waals surface area contributed by atoms with Gasteiger partial charge in [0.05, 0.1) is 0 Å². The topological polar surface area (TPSA) is 37.3 Å². The first kappa shape index (κ1) is 12.6. The average molecular weight is 237 g/mol. The minimum atomic E-state index is -0.788. The quantitative estimate of drug-likeness (QED) is 0.645. The van der Waals surface area contributed by atoms with E-state index in [9.17, 15) is 4.79 Å². The number of carbonyl (C=O) groups is 1. The third kappa shape index (κ3) is 4.37. The molecule has 0 aliphatic rings. The summed E-state index contributed by atoms with van der Waals surface area (Å²) >= 11 is 5.53. The van der Waals surface area contributed by atoms with Crippen molar-refractivity contribution in [2.75, 3.05) is 5.88 Å². The highest BCUT2D eigenvalue weighted by Crippen LogP contribution is 2.09. The number of halogens is 1. The first-order valence-electron chi connectivity index (χ1n) is 5.08. The summed E-state index contributed by atoms with van der Waals surface area (Å²) in [6.45, 7) is 0. The van der Waals surface area contributed by atoms with Crippen LogP contribution in [0.4, 0.5) is 0 Å². The number of aliphatic carboxylic acids is 1. The van der Waals surface area contributed by atoms with Crippen LogP contribution in [0.5, 0.6) is 0 Å². The first-order valence-corrected chi connectivity index (χ1v) is 5.62. The zero-order valence-corrected chi connectivity index (χ0v) is 9.63. The van der Waals surface area contributed by atoms with Crippen molar-refractivity contribution in [2.24, 2.45) is 0 Å². The second kappa shape index (κ2) is 6.92. The summed E-state index contributed by atoms with van der Waals surface area (Å²) in [4.78, 5) is 10.5. The van der Waals surface area contributed by atoms with Crippen molar-refractivity contribution < 1.29 is 9.90 Å². The van der Waals surface area contributed by atoms with Gasteiger partial charge in [0.15, 0.2) is 0 Å². The van der Waals surface area contributed by atoms with Gasteiger partial charge >= 0.3 is 5.97 Å². The van der Waals surface area contributed by atoms with Gasteiger partial charge in [0, 0.05) is 24.3 Å². The number of hydrogen-bond donors (Lipinski definition) is 1. The Balaban J connectivity index is 2.76. The molecule has 0 heterocycles. The van der Waals surface area contributed by atoms with Crippen LogP contribution in [0, 0.1) is 11.8 Å². The van der Waals surface area contributed by atoms with E-state index in [1.54, 1.807) is 0 Å². The Morgan fingerprint density at radius 2 is 2.12 bits per heavy atom. The fourth-order valence-corrected chi connectivity index (χ4v) is 1.40. The molecule has 2 nitrogen and oxygen atoms in total. The average Bonchev–Trinajstić information content (AvgIpc) is 2.28. The highest BCUT2D eigenvalue weighted by molar-refractivity contribution is 6.18. The summed E-state index contributed by atoms with van der Waals surface area (Å²) in [5, 5.41) is 8.63. The molecule has 1 aromatic rings. The van der Waals surface area contributed by atoms with Gasteiger partial charge in [-0.2, -0.15) is 0 Å². The zero-order chi connectivity index (χ0) is 11.8. The van der Waals surface area contributed by atoms with Gasteiger partial charge in [0.25, 0.3) is 0 Å². The number of carboxylic acids is 1. The lowest BCUT2D eigenvalue weighted by molar-refractivity contribution is -0.136. The maximum absolute atomic E-state index is 10.5. The Morgan fingerprint density at radius 3 is 2.81 bits per heavy atom. The molecule has 0 radical (unpaired) electrons. The Morgan fingerprint density at radius 1 is 1.38 bits per heavy atom. The summed E-state index contributed by atoms with van der Waals surface area (Å²) in [6.07, 6.45) is 1.30. The van der Waals surface area contributed by atoms with Crippen molar-refractivity contribution in [3.8, 4) is 11.8 Å². The molecule has 0 bridgehead atoms. The van der Waals surface area contributed by atoms with E-state index in [2.05, 4.69) is 11.8 Å². The molecule has 0 saturated heterocycles. The van der Waals surface area contributed by atoms with Crippen molar-refractivity contribution in [2.45, 2.75) is 19.3 Å². The highest BCUT2D eigenvalue weighted by atomic mass is 35.5. The summed E-state index contributed by atoms with van der Waals surface area (Å²) in [7, 11) is 0. The minimum absolute atomic E-state index is 0.133. The van der Waals surface area contributed by atoms with Crippen LogP contribution in [-0.2, 0) is 11.2 Å². The molecule has 1 rings (SSSR count). The largest absolute Gasteiger partial charge is 0.481 e. The standard InChI is InChI=1S/C13H13ClO2/c14-10-4-3-7-11-5-1-2-6-12(11)8-9-13(15)16/h1-2,5-6H,4,8-10H2,(H,15,16). The molecule has 0 aliphatic carbocycles. The normalized spacial score (nSPS) is 9.31. The fourth-order valence-electron chi connectivity index (χ4n) is 1.31. The first-order chi connectivity index (χ1) is 7.74. The number of rotatable bonds is 4. The Kier molecular flexibility index (Phi) is 5.45. The highest BCUT2D eigenvalue weighted by Gasteiger charge is 2.02. The molecule has 0 aliphatic heterocycles. The van der Waals surface area contributed by atoms with Crippen LogP contribution in [0.25, 0.3) is 0 Å². The number of hydrogen-bond acceptors (Lipinski definition) is 1. The van der Waals surface area contributed by atoms with Crippen molar-refractivity contribution in [1.82, 2.24) is 0 Å². The van der Waals surface area contributed by atoms with Crippen molar-refractivity contribution in [1.29, 1.82) is 0 Å². The zero-order valence-electron chi connectivity index (χ0n) is 8.87. The van der Waals surface area contributed by atoms with Gasteiger partial charge < -0.3 is 5.11 Å². The Hall–Kier alpha value is -1.46. The SMILES string of the molecule is O=C(O)CCc1ccccc1C#CCCCl. The molecule has 1 aromatic carbocycles. The summed E-state index contributed by atoms with van der Waals surface area (Å²) in [6, 6.07) is 7.60. The predicted molar refractivity (Wildman–Crippen MR) is 64.6 cm³/mol. The lowest BCUT2D eigenvalue weighted by Gasteiger charge is -2.01. The third-order valence-corrected chi connectivity index (χ3v) is 2.26. The van der Waals surface area contributed by atoms with E-state index in [1.165, 1.54) is 0 Å². The van der Waals surface area contributed by atoms with E-state index in [0.29, 0.717) is 18.7 Å². The molecule has 0 amide bonds. The number of carboxylic acid groups (broad SMARTS) is 1. The number of aryl methyl sites for hydroxylation is 1. The third-order valence-electron chi connectivity index (χ3n) is 2.07. The van der Waals surface area contributed by atoms with Gasteiger partial charge in [-0.05, 0) is 18.1 Å². The van der Waals surface area contributed by atoms with Crippen molar-refractivity contribution >= 4 is 17.6 Å². The van der Waals surface area contributed by atoms with E-state index in [-0.39, 0.29) is 6.42 Å². The van der Waals surface area contributed by atoms with Crippen LogP contribution >= 0.6 is 11.6 Å². The molecule has 1 N–H and O–H groups in total. The maximum Gasteiger partial charge on any atom is 0.303 e. The molecule has 0 aromatic heterocycles. The Bertz CT molecular complexity index is 415. The van der Waals surface area contributed by atoms with Gasteiger partial charge in [0.1, 0.15) is 0 Å². The van der Waals surface area contributed by atoms with Gasteiger partial charge in [-0.1, -0.05) is 30.0 Å². The summed E-state index contributed by atoms with van der Waals surface area (Å²) in [5.41, 5.74) is 1.88. The van der Waals surface area contributed by atoms with E-state index < -0.39 is 5.97 Å². The van der Waals surface area contributed by atoms with Gasteiger partial charge in [-0.3, -0.25) is 4.79 Å². The van der Waals surface area contributed by atoms with Gasteiger partial charge in [-0.25, -0.2) is 0 Å². The smallest absolute Gasteiger partial charge is 0.303 e.